The molecule has 114 valence electrons. The van der Waals surface area contributed by atoms with Crippen LogP contribution < -0.4 is 10.6 Å². The lowest BCUT2D eigenvalue weighted by atomic mass is 10.1. The molecule has 0 spiro atoms. The van der Waals surface area contributed by atoms with Crippen LogP contribution in [0.15, 0.2) is 42.5 Å². The third kappa shape index (κ3) is 5.73. The molecule has 0 radical (unpaired) electrons. The number of amides is 1. The molecular weight excluding hydrogens is 264 g/mol. The van der Waals surface area contributed by atoms with Gasteiger partial charge in [-0.3, -0.25) is 0 Å². The summed E-state index contributed by atoms with van der Waals surface area (Å²) in [6.45, 7) is 5.43. The van der Waals surface area contributed by atoms with Gasteiger partial charge in [0.15, 0.2) is 0 Å². The zero-order valence-corrected chi connectivity index (χ0v) is 13.0. The Morgan fingerprint density at radius 3 is 2.43 bits per heavy atom. The second-order valence-electron chi connectivity index (χ2n) is 4.58. The van der Waals surface area contributed by atoms with E-state index in [0.29, 0.717) is 13.1 Å². The minimum absolute atomic E-state index is 0.408. The van der Waals surface area contributed by atoms with Gasteiger partial charge in [-0.05, 0) is 11.5 Å². The van der Waals surface area contributed by atoms with E-state index in [2.05, 4.69) is 47.4 Å². The summed E-state index contributed by atoms with van der Waals surface area (Å²) in [7, 11) is 1.35. The number of alkyl carbamates (subject to hydrolysis) is 1. The van der Waals surface area contributed by atoms with Crippen LogP contribution >= 0.6 is 0 Å². The monoisotopic (exact) mass is 288 g/mol. The van der Waals surface area contributed by atoms with Crippen molar-refractivity contribution in [3.05, 3.63) is 42.5 Å². The highest BCUT2D eigenvalue weighted by atomic mass is 16.5. The van der Waals surface area contributed by atoms with Crippen LogP contribution in [0.1, 0.15) is 20.3 Å². The van der Waals surface area contributed by atoms with Crippen molar-refractivity contribution in [1.82, 2.24) is 5.32 Å². The minimum atomic E-state index is -0.408. The highest BCUT2D eigenvalue weighted by molar-refractivity contribution is 5.93. The lowest BCUT2D eigenvalue weighted by Crippen LogP contribution is -2.28. The van der Waals surface area contributed by atoms with Crippen molar-refractivity contribution in [3.8, 4) is 0 Å². The molecule has 0 aliphatic heterocycles. The number of carbonyl (C=O) groups excluding carboxylic acids is 1. The SMILES string of the molecule is CCC.COC(=O)NCCNc1cccc2ccccc12. The van der Waals surface area contributed by atoms with Gasteiger partial charge < -0.3 is 15.4 Å². The fraction of sp³-hybridized carbons (Fsp3) is 0.353. The highest BCUT2D eigenvalue weighted by Crippen LogP contribution is 2.22. The Bertz CT molecular complexity index is 550. The van der Waals surface area contributed by atoms with Gasteiger partial charge in [-0.15, -0.1) is 0 Å². The van der Waals surface area contributed by atoms with Crippen LogP contribution in [0.4, 0.5) is 10.5 Å². The van der Waals surface area contributed by atoms with Gasteiger partial charge in [0.05, 0.1) is 7.11 Å². The van der Waals surface area contributed by atoms with Crippen LogP contribution in [0.25, 0.3) is 10.8 Å². The van der Waals surface area contributed by atoms with Crippen LogP contribution in [-0.2, 0) is 4.74 Å². The molecule has 2 N–H and O–H groups in total. The van der Waals surface area contributed by atoms with Crippen molar-refractivity contribution in [2.24, 2.45) is 0 Å². The Morgan fingerprint density at radius 1 is 1.05 bits per heavy atom. The van der Waals surface area contributed by atoms with E-state index in [-0.39, 0.29) is 0 Å². The standard InChI is InChI=1S/C14H16N2O2.C3H8/c1-18-14(17)16-10-9-15-13-8-4-6-11-5-2-3-7-12(11)13;1-3-2/h2-8,15H,9-10H2,1H3,(H,16,17);3H2,1-2H3. The fourth-order valence-corrected chi connectivity index (χ4v) is 1.81. The van der Waals surface area contributed by atoms with E-state index in [0.717, 1.165) is 5.69 Å². The third-order valence-electron chi connectivity index (χ3n) is 2.68. The number of fused-ring (bicyclic) bond motifs is 1. The van der Waals surface area contributed by atoms with Gasteiger partial charge in [-0.1, -0.05) is 56.7 Å². The Morgan fingerprint density at radius 2 is 1.71 bits per heavy atom. The van der Waals surface area contributed by atoms with Crippen LogP contribution in [0, 0.1) is 0 Å². The molecule has 4 heteroatoms. The molecule has 2 aromatic rings. The van der Waals surface area contributed by atoms with E-state index in [1.807, 2.05) is 24.3 Å². The fourth-order valence-electron chi connectivity index (χ4n) is 1.81. The van der Waals surface area contributed by atoms with Crippen molar-refractivity contribution in [1.29, 1.82) is 0 Å². The normalized spacial score (nSPS) is 9.48. The predicted molar refractivity (Wildman–Crippen MR) is 88.8 cm³/mol. The molecule has 0 unspecified atom stereocenters. The average Bonchev–Trinajstić information content (AvgIpc) is 2.52. The van der Waals surface area contributed by atoms with Crippen molar-refractivity contribution >= 4 is 22.6 Å². The maximum atomic E-state index is 10.9. The Kier molecular flexibility index (Phi) is 7.72. The summed E-state index contributed by atoms with van der Waals surface area (Å²) in [5.41, 5.74) is 1.07. The summed E-state index contributed by atoms with van der Waals surface area (Å²) >= 11 is 0. The maximum Gasteiger partial charge on any atom is 0.406 e. The van der Waals surface area contributed by atoms with E-state index < -0.39 is 6.09 Å². The van der Waals surface area contributed by atoms with Crippen molar-refractivity contribution in [2.75, 3.05) is 25.5 Å². The third-order valence-corrected chi connectivity index (χ3v) is 2.68. The summed E-state index contributed by atoms with van der Waals surface area (Å²) in [6, 6.07) is 14.3. The van der Waals surface area contributed by atoms with E-state index in [1.54, 1.807) is 0 Å². The largest absolute Gasteiger partial charge is 0.453 e. The molecular formula is C17H24N2O2. The quantitative estimate of drug-likeness (QED) is 0.835. The summed E-state index contributed by atoms with van der Waals surface area (Å²) < 4.78 is 4.49. The lowest BCUT2D eigenvalue weighted by Gasteiger charge is -2.10. The van der Waals surface area contributed by atoms with E-state index in [9.17, 15) is 4.79 Å². The summed E-state index contributed by atoms with van der Waals surface area (Å²) in [5.74, 6) is 0. The molecule has 2 rings (SSSR count). The molecule has 1 amide bonds. The summed E-state index contributed by atoms with van der Waals surface area (Å²) in [4.78, 5) is 10.9. The predicted octanol–water partition coefficient (Wildman–Crippen LogP) is 4.02. The first kappa shape index (κ1) is 16.8. The Balaban J connectivity index is 0.000000677. The molecule has 0 heterocycles. The maximum absolute atomic E-state index is 10.9. The van der Waals surface area contributed by atoms with E-state index >= 15 is 0 Å². The molecule has 0 aliphatic carbocycles. The highest BCUT2D eigenvalue weighted by Gasteiger charge is 2.00. The first-order valence-corrected chi connectivity index (χ1v) is 7.26. The van der Waals surface area contributed by atoms with Gasteiger partial charge >= 0.3 is 6.09 Å². The topological polar surface area (TPSA) is 50.4 Å². The number of ether oxygens (including phenoxy) is 1. The van der Waals surface area contributed by atoms with Gasteiger partial charge in [0.25, 0.3) is 0 Å². The van der Waals surface area contributed by atoms with E-state index in [1.165, 1.54) is 24.3 Å². The number of rotatable bonds is 4. The zero-order chi connectivity index (χ0) is 15.5. The Hall–Kier alpha value is -2.23. The number of methoxy groups -OCH3 is 1. The molecule has 0 aromatic heterocycles. The van der Waals surface area contributed by atoms with Crippen LogP contribution in [0.5, 0.6) is 0 Å². The van der Waals surface area contributed by atoms with Gasteiger partial charge in [-0.25, -0.2) is 4.79 Å². The first-order valence-electron chi connectivity index (χ1n) is 7.26. The number of carbonyl (C=O) groups is 1. The van der Waals surface area contributed by atoms with Crippen molar-refractivity contribution in [3.63, 3.8) is 0 Å². The number of hydrogen-bond acceptors (Lipinski definition) is 3. The number of benzene rings is 2. The molecule has 0 aliphatic rings. The smallest absolute Gasteiger partial charge is 0.406 e. The van der Waals surface area contributed by atoms with E-state index in [4.69, 9.17) is 0 Å². The minimum Gasteiger partial charge on any atom is -0.453 e. The summed E-state index contributed by atoms with van der Waals surface area (Å²) in [6.07, 6.45) is 0.842. The first-order chi connectivity index (χ1) is 10.2. The molecule has 0 saturated heterocycles. The molecule has 0 atom stereocenters. The van der Waals surface area contributed by atoms with Crippen LogP contribution in [-0.4, -0.2) is 26.3 Å². The second-order valence-corrected chi connectivity index (χ2v) is 4.58. The number of hydrogen-bond donors (Lipinski definition) is 2. The van der Waals surface area contributed by atoms with Gasteiger partial charge in [-0.2, -0.15) is 0 Å². The lowest BCUT2D eigenvalue weighted by molar-refractivity contribution is 0.171. The molecule has 21 heavy (non-hydrogen) atoms. The Labute approximate surface area is 126 Å². The van der Waals surface area contributed by atoms with Gasteiger partial charge in [0, 0.05) is 24.2 Å². The van der Waals surface area contributed by atoms with Crippen molar-refractivity contribution in [2.45, 2.75) is 20.3 Å². The molecule has 0 saturated carbocycles. The van der Waals surface area contributed by atoms with Crippen molar-refractivity contribution < 1.29 is 9.53 Å². The van der Waals surface area contributed by atoms with Crippen LogP contribution in [0.3, 0.4) is 0 Å². The number of nitrogens with one attached hydrogen (secondary N) is 2. The molecule has 0 bridgehead atoms. The number of anilines is 1. The average molecular weight is 288 g/mol. The van der Waals surface area contributed by atoms with Gasteiger partial charge in [0.1, 0.15) is 0 Å². The second kappa shape index (κ2) is 9.64. The molecule has 0 fully saturated rings. The van der Waals surface area contributed by atoms with Gasteiger partial charge in [0.2, 0.25) is 0 Å². The summed E-state index contributed by atoms with van der Waals surface area (Å²) in [5, 5.41) is 8.30. The molecule has 4 nitrogen and oxygen atoms in total. The molecule has 2 aromatic carbocycles. The zero-order valence-electron chi connectivity index (χ0n) is 13.0. The van der Waals surface area contributed by atoms with Crippen LogP contribution in [0.2, 0.25) is 0 Å².